The Bertz CT molecular complexity index is 386. The van der Waals surface area contributed by atoms with Gasteiger partial charge in [0.05, 0.1) is 17.2 Å². The maximum atomic E-state index is 4.54. The number of pyridine rings is 1. The van der Waals surface area contributed by atoms with Crippen molar-refractivity contribution in [3.63, 3.8) is 0 Å². The first-order chi connectivity index (χ1) is 6.81. The number of aromatic nitrogens is 3. The average molecular weight is 189 g/mol. The number of hydrogen-bond acceptors (Lipinski definition) is 2. The van der Waals surface area contributed by atoms with E-state index < -0.39 is 0 Å². The third kappa shape index (κ3) is 1.62. The molecule has 3 heteroatoms. The lowest BCUT2D eigenvalue weighted by molar-refractivity contribution is 0.636. The third-order valence-corrected chi connectivity index (χ3v) is 2.49. The van der Waals surface area contributed by atoms with Crippen LogP contribution >= 0.6 is 0 Å². The van der Waals surface area contributed by atoms with Crippen LogP contribution in [0.15, 0.2) is 18.5 Å². The van der Waals surface area contributed by atoms with E-state index in [0.717, 1.165) is 16.9 Å². The normalized spacial score (nSPS) is 13.3. The van der Waals surface area contributed by atoms with Crippen molar-refractivity contribution in [1.82, 2.24) is 15.0 Å². The molecule has 14 heavy (non-hydrogen) atoms. The van der Waals surface area contributed by atoms with E-state index >= 15 is 0 Å². The zero-order valence-corrected chi connectivity index (χ0v) is 8.62. The summed E-state index contributed by atoms with van der Waals surface area (Å²) >= 11 is 0. The van der Waals surface area contributed by atoms with Gasteiger partial charge < -0.3 is 4.98 Å². The number of H-pyrrole nitrogens is 1. The minimum absolute atomic E-state index is 0.507. The van der Waals surface area contributed by atoms with Crippen molar-refractivity contribution in [2.45, 2.75) is 32.6 Å². The predicted molar refractivity (Wildman–Crippen MR) is 57.2 cm³/mol. The fraction of sp³-hybridized carbons (Fsp3) is 0.455. The van der Waals surface area contributed by atoms with Gasteiger partial charge in [0.1, 0.15) is 5.82 Å². The molecule has 1 N–H and O–H groups in total. The maximum absolute atomic E-state index is 4.54. The molecule has 0 radical (unpaired) electrons. The number of rotatable bonds is 3. The average Bonchev–Trinajstić information content (AvgIpc) is 2.61. The van der Waals surface area contributed by atoms with Gasteiger partial charge in [-0.25, -0.2) is 4.98 Å². The van der Waals surface area contributed by atoms with Crippen molar-refractivity contribution in [1.29, 1.82) is 0 Å². The number of fused-ring (bicyclic) bond motifs is 1. The molecule has 0 aliphatic carbocycles. The van der Waals surface area contributed by atoms with Gasteiger partial charge >= 0.3 is 0 Å². The molecule has 0 saturated heterocycles. The van der Waals surface area contributed by atoms with E-state index in [1.165, 1.54) is 12.8 Å². The molecule has 0 spiro atoms. The van der Waals surface area contributed by atoms with Gasteiger partial charge in [-0.15, -0.1) is 0 Å². The lowest BCUT2D eigenvalue weighted by atomic mass is 10.1. The van der Waals surface area contributed by atoms with Gasteiger partial charge in [-0.2, -0.15) is 0 Å². The van der Waals surface area contributed by atoms with Gasteiger partial charge in [0.15, 0.2) is 0 Å². The monoisotopic (exact) mass is 189 g/mol. The van der Waals surface area contributed by atoms with Crippen LogP contribution in [-0.4, -0.2) is 15.0 Å². The molecule has 2 heterocycles. The van der Waals surface area contributed by atoms with Gasteiger partial charge in [-0.05, 0) is 12.5 Å². The first kappa shape index (κ1) is 9.19. The molecular weight excluding hydrogens is 174 g/mol. The van der Waals surface area contributed by atoms with Crippen molar-refractivity contribution in [2.24, 2.45) is 0 Å². The molecule has 0 aliphatic rings. The van der Waals surface area contributed by atoms with Gasteiger partial charge in [0, 0.05) is 12.1 Å². The fourth-order valence-electron chi connectivity index (χ4n) is 1.68. The van der Waals surface area contributed by atoms with Crippen LogP contribution in [0.2, 0.25) is 0 Å². The zero-order chi connectivity index (χ0) is 9.97. The Morgan fingerprint density at radius 2 is 2.36 bits per heavy atom. The number of nitrogens with zero attached hydrogens (tertiary/aromatic N) is 2. The Balaban J connectivity index is 2.35. The second-order valence-electron chi connectivity index (χ2n) is 3.70. The largest absolute Gasteiger partial charge is 0.340 e. The second-order valence-corrected chi connectivity index (χ2v) is 3.70. The van der Waals surface area contributed by atoms with Crippen LogP contribution < -0.4 is 0 Å². The smallest absolute Gasteiger partial charge is 0.110 e. The summed E-state index contributed by atoms with van der Waals surface area (Å²) in [4.78, 5) is 11.9. The zero-order valence-electron chi connectivity index (χ0n) is 8.62. The highest BCUT2D eigenvalue weighted by Crippen LogP contribution is 2.20. The van der Waals surface area contributed by atoms with E-state index in [1.807, 2.05) is 12.3 Å². The molecule has 0 aromatic carbocycles. The van der Waals surface area contributed by atoms with Crippen molar-refractivity contribution in [3.05, 3.63) is 24.3 Å². The molecule has 0 aliphatic heterocycles. The summed E-state index contributed by atoms with van der Waals surface area (Å²) in [5.41, 5.74) is 2.04. The highest BCUT2D eigenvalue weighted by Gasteiger charge is 2.09. The topological polar surface area (TPSA) is 41.6 Å². The molecular formula is C11H15N3. The summed E-state index contributed by atoms with van der Waals surface area (Å²) < 4.78 is 0. The van der Waals surface area contributed by atoms with Crippen LogP contribution in [0.4, 0.5) is 0 Å². The van der Waals surface area contributed by atoms with Crippen LogP contribution in [0.1, 0.15) is 38.4 Å². The third-order valence-electron chi connectivity index (χ3n) is 2.49. The maximum Gasteiger partial charge on any atom is 0.110 e. The summed E-state index contributed by atoms with van der Waals surface area (Å²) in [6.07, 6.45) is 5.96. The first-order valence-corrected chi connectivity index (χ1v) is 5.11. The van der Waals surface area contributed by atoms with E-state index in [4.69, 9.17) is 0 Å². The van der Waals surface area contributed by atoms with Gasteiger partial charge in [-0.3, -0.25) is 4.98 Å². The van der Waals surface area contributed by atoms with Gasteiger partial charge in [0.25, 0.3) is 0 Å². The minimum Gasteiger partial charge on any atom is -0.340 e. The summed E-state index contributed by atoms with van der Waals surface area (Å²) in [6, 6.07) is 1.94. The molecule has 1 unspecified atom stereocenters. The molecule has 2 aromatic heterocycles. The Kier molecular flexibility index (Phi) is 2.48. The SMILES string of the molecule is CCCC(C)c1nc2ccncc2[nH]1. The minimum atomic E-state index is 0.507. The van der Waals surface area contributed by atoms with Gasteiger partial charge in [-0.1, -0.05) is 20.3 Å². The summed E-state index contributed by atoms with van der Waals surface area (Å²) in [7, 11) is 0. The van der Waals surface area contributed by atoms with Gasteiger partial charge in [0.2, 0.25) is 0 Å². The molecule has 2 aromatic rings. The molecule has 1 atom stereocenters. The highest BCUT2D eigenvalue weighted by molar-refractivity contribution is 5.73. The molecule has 2 rings (SSSR count). The lowest BCUT2D eigenvalue weighted by Gasteiger charge is -2.04. The lowest BCUT2D eigenvalue weighted by Crippen LogP contribution is -1.94. The van der Waals surface area contributed by atoms with Crippen molar-refractivity contribution < 1.29 is 0 Å². The second kappa shape index (κ2) is 3.78. The summed E-state index contributed by atoms with van der Waals surface area (Å²) in [5.74, 6) is 1.59. The number of imidazole rings is 1. The molecule has 74 valence electrons. The van der Waals surface area contributed by atoms with E-state index in [2.05, 4.69) is 28.8 Å². The van der Waals surface area contributed by atoms with Crippen molar-refractivity contribution >= 4 is 11.0 Å². The van der Waals surface area contributed by atoms with Crippen molar-refractivity contribution in [3.8, 4) is 0 Å². The Morgan fingerprint density at radius 3 is 3.07 bits per heavy atom. The molecule has 0 bridgehead atoms. The van der Waals surface area contributed by atoms with E-state index in [0.29, 0.717) is 5.92 Å². The standard InChI is InChI=1S/C11H15N3/c1-3-4-8(2)11-13-9-5-6-12-7-10(9)14-11/h5-8H,3-4H2,1-2H3,(H,13,14). The van der Waals surface area contributed by atoms with E-state index in [-0.39, 0.29) is 0 Å². The van der Waals surface area contributed by atoms with Crippen LogP contribution in [-0.2, 0) is 0 Å². The Morgan fingerprint density at radius 1 is 1.50 bits per heavy atom. The number of aromatic amines is 1. The Labute approximate surface area is 83.6 Å². The quantitative estimate of drug-likeness (QED) is 0.806. The predicted octanol–water partition coefficient (Wildman–Crippen LogP) is 2.86. The van der Waals surface area contributed by atoms with Crippen LogP contribution in [0.3, 0.4) is 0 Å². The number of nitrogens with one attached hydrogen (secondary N) is 1. The first-order valence-electron chi connectivity index (χ1n) is 5.11. The molecule has 0 amide bonds. The molecule has 0 saturated carbocycles. The Hall–Kier alpha value is -1.38. The summed E-state index contributed by atoms with van der Waals surface area (Å²) in [5, 5.41) is 0. The van der Waals surface area contributed by atoms with Crippen LogP contribution in [0, 0.1) is 0 Å². The summed E-state index contributed by atoms with van der Waals surface area (Å²) in [6.45, 7) is 4.40. The number of hydrogen-bond donors (Lipinski definition) is 1. The molecule has 3 nitrogen and oxygen atoms in total. The van der Waals surface area contributed by atoms with E-state index in [9.17, 15) is 0 Å². The van der Waals surface area contributed by atoms with Crippen LogP contribution in [0.5, 0.6) is 0 Å². The molecule has 0 fully saturated rings. The fourth-order valence-corrected chi connectivity index (χ4v) is 1.68. The van der Waals surface area contributed by atoms with Crippen LogP contribution in [0.25, 0.3) is 11.0 Å². The van der Waals surface area contributed by atoms with Crippen molar-refractivity contribution in [2.75, 3.05) is 0 Å². The highest BCUT2D eigenvalue weighted by atomic mass is 14.9. The van der Waals surface area contributed by atoms with E-state index in [1.54, 1.807) is 6.20 Å².